The molecule has 0 aromatic heterocycles. The van der Waals surface area contributed by atoms with Gasteiger partial charge in [0.1, 0.15) is 0 Å². The Hall–Kier alpha value is -0.340. The van der Waals surface area contributed by atoms with Gasteiger partial charge in [-0.25, -0.2) is 0 Å². The smallest absolute Gasteiger partial charge is 0.0843 e. The van der Waals surface area contributed by atoms with Gasteiger partial charge in [0.25, 0.3) is 0 Å². The molecule has 0 radical (unpaired) electrons. The summed E-state index contributed by atoms with van der Waals surface area (Å²) < 4.78 is 5.79. The van der Waals surface area contributed by atoms with Crippen LogP contribution in [0, 0.1) is 0 Å². The van der Waals surface area contributed by atoms with E-state index in [1.54, 1.807) is 0 Å². The lowest BCUT2D eigenvalue weighted by molar-refractivity contribution is 0.00678. The molecule has 80 valence electrons. The third kappa shape index (κ3) is 1.86. The molecule has 1 heterocycles. The summed E-state index contributed by atoms with van der Waals surface area (Å²) in [5.41, 5.74) is 7.65. The van der Waals surface area contributed by atoms with Crippen molar-refractivity contribution < 1.29 is 4.74 Å². The summed E-state index contributed by atoms with van der Waals surface area (Å²) in [6.45, 7) is 3.05. The molecular weight excluding hydrogens is 174 g/mol. The van der Waals surface area contributed by atoms with E-state index in [1.807, 2.05) is 0 Å². The average Bonchev–Trinajstić information content (AvgIpc) is 2.67. The van der Waals surface area contributed by atoms with E-state index in [4.69, 9.17) is 10.5 Å². The largest absolute Gasteiger partial charge is 0.373 e. The van der Waals surface area contributed by atoms with Crippen LogP contribution in [-0.4, -0.2) is 18.2 Å². The van der Waals surface area contributed by atoms with Crippen LogP contribution >= 0.6 is 0 Å². The average molecular weight is 195 g/mol. The van der Waals surface area contributed by atoms with Gasteiger partial charge in [-0.1, -0.05) is 11.6 Å². The van der Waals surface area contributed by atoms with Crippen LogP contribution in [0.1, 0.15) is 45.4 Å². The highest BCUT2D eigenvalue weighted by Gasteiger charge is 2.37. The Morgan fingerprint density at radius 2 is 2.29 bits per heavy atom. The van der Waals surface area contributed by atoms with Crippen molar-refractivity contribution in [1.29, 1.82) is 0 Å². The van der Waals surface area contributed by atoms with Gasteiger partial charge in [0, 0.05) is 6.61 Å². The van der Waals surface area contributed by atoms with Gasteiger partial charge >= 0.3 is 0 Å². The van der Waals surface area contributed by atoms with E-state index in [9.17, 15) is 0 Å². The minimum absolute atomic E-state index is 0.0802. The lowest BCUT2D eigenvalue weighted by Gasteiger charge is -2.33. The minimum atomic E-state index is -0.0802. The highest BCUT2D eigenvalue weighted by molar-refractivity contribution is 5.18. The molecule has 1 aliphatic heterocycles. The van der Waals surface area contributed by atoms with Crippen LogP contribution in [0.5, 0.6) is 0 Å². The topological polar surface area (TPSA) is 35.2 Å². The first kappa shape index (κ1) is 10.2. The van der Waals surface area contributed by atoms with Gasteiger partial charge in [0.2, 0.25) is 0 Å². The van der Waals surface area contributed by atoms with Crippen molar-refractivity contribution in [2.45, 2.75) is 57.1 Å². The summed E-state index contributed by atoms with van der Waals surface area (Å²) >= 11 is 0. The van der Waals surface area contributed by atoms with Crippen molar-refractivity contribution in [1.82, 2.24) is 0 Å². The molecule has 2 N–H and O–H groups in total. The maximum absolute atomic E-state index is 6.29. The van der Waals surface area contributed by atoms with Crippen molar-refractivity contribution in [3.05, 3.63) is 11.6 Å². The molecule has 1 fully saturated rings. The number of ether oxygens (including phenoxy) is 1. The van der Waals surface area contributed by atoms with Gasteiger partial charge in [0.15, 0.2) is 0 Å². The second-order valence-electron chi connectivity index (χ2n) is 4.77. The molecule has 2 atom stereocenters. The van der Waals surface area contributed by atoms with E-state index in [1.165, 1.54) is 31.3 Å². The van der Waals surface area contributed by atoms with E-state index >= 15 is 0 Å². The number of allylic oxidation sites excluding steroid dienone is 1. The van der Waals surface area contributed by atoms with Crippen LogP contribution in [0.2, 0.25) is 0 Å². The van der Waals surface area contributed by atoms with Crippen molar-refractivity contribution in [3.63, 3.8) is 0 Å². The summed E-state index contributed by atoms with van der Waals surface area (Å²) in [4.78, 5) is 0. The zero-order valence-electron chi connectivity index (χ0n) is 9.09. The lowest BCUT2D eigenvalue weighted by atomic mass is 9.83. The van der Waals surface area contributed by atoms with E-state index < -0.39 is 0 Å². The van der Waals surface area contributed by atoms with Crippen molar-refractivity contribution in [2.24, 2.45) is 5.73 Å². The van der Waals surface area contributed by atoms with Crippen molar-refractivity contribution in [2.75, 3.05) is 6.61 Å². The third-order valence-electron chi connectivity index (χ3n) is 3.63. The molecule has 1 aliphatic carbocycles. The Bertz CT molecular complexity index is 228. The first-order chi connectivity index (χ1) is 6.72. The Morgan fingerprint density at radius 3 is 2.86 bits per heavy atom. The fourth-order valence-electron chi connectivity index (χ4n) is 2.58. The highest BCUT2D eigenvalue weighted by Crippen LogP contribution is 2.33. The van der Waals surface area contributed by atoms with Gasteiger partial charge in [-0.05, 0) is 45.4 Å². The molecule has 1 saturated heterocycles. The van der Waals surface area contributed by atoms with Crippen LogP contribution in [0.25, 0.3) is 0 Å². The van der Waals surface area contributed by atoms with Gasteiger partial charge in [-0.15, -0.1) is 0 Å². The van der Waals surface area contributed by atoms with Crippen LogP contribution in [0.4, 0.5) is 0 Å². The Kier molecular flexibility index (Phi) is 2.93. The molecule has 0 spiro atoms. The second-order valence-corrected chi connectivity index (χ2v) is 4.77. The van der Waals surface area contributed by atoms with Gasteiger partial charge < -0.3 is 10.5 Å². The van der Waals surface area contributed by atoms with Gasteiger partial charge in [-0.2, -0.15) is 0 Å². The van der Waals surface area contributed by atoms with E-state index in [0.29, 0.717) is 0 Å². The van der Waals surface area contributed by atoms with E-state index in [2.05, 4.69) is 13.0 Å². The summed E-state index contributed by atoms with van der Waals surface area (Å²) in [6, 6.07) is 0.130. The standard InChI is InChI=1S/C12H21NO/c1-12(8-5-9-14-12)11(13)10-6-3-2-4-7-10/h6,11H,2-5,7-9,13H2,1H3. The van der Waals surface area contributed by atoms with Crippen molar-refractivity contribution >= 4 is 0 Å². The Morgan fingerprint density at radius 1 is 1.43 bits per heavy atom. The fourth-order valence-corrected chi connectivity index (χ4v) is 2.58. The molecular formula is C12H21NO. The maximum Gasteiger partial charge on any atom is 0.0843 e. The van der Waals surface area contributed by atoms with Crippen LogP contribution in [0.3, 0.4) is 0 Å². The highest BCUT2D eigenvalue weighted by atomic mass is 16.5. The Balaban J connectivity index is 2.05. The minimum Gasteiger partial charge on any atom is -0.373 e. The molecule has 2 rings (SSSR count). The van der Waals surface area contributed by atoms with Gasteiger partial charge in [-0.3, -0.25) is 0 Å². The monoisotopic (exact) mass is 195 g/mol. The number of hydrogen-bond donors (Lipinski definition) is 1. The summed E-state index contributed by atoms with van der Waals surface area (Å²) in [5, 5.41) is 0. The molecule has 2 nitrogen and oxygen atoms in total. The third-order valence-corrected chi connectivity index (χ3v) is 3.63. The molecule has 0 saturated carbocycles. The van der Waals surface area contributed by atoms with Gasteiger partial charge in [0.05, 0.1) is 11.6 Å². The summed E-state index contributed by atoms with van der Waals surface area (Å²) in [6.07, 6.45) is 9.63. The van der Waals surface area contributed by atoms with Crippen molar-refractivity contribution in [3.8, 4) is 0 Å². The molecule has 0 aromatic carbocycles. The first-order valence-electron chi connectivity index (χ1n) is 5.81. The predicted octanol–water partition coefficient (Wildman–Crippen LogP) is 2.38. The quantitative estimate of drug-likeness (QED) is 0.687. The predicted molar refractivity (Wildman–Crippen MR) is 58.1 cm³/mol. The molecule has 0 bridgehead atoms. The van der Waals surface area contributed by atoms with E-state index in [0.717, 1.165) is 19.4 Å². The first-order valence-corrected chi connectivity index (χ1v) is 5.81. The lowest BCUT2D eigenvalue weighted by Crippen LogP contribution is -2.46. The summed E-state index contributed by atoms with van der Waals surface area (Å²) in [7, 11) is 0. The van der Waals surface area contributed by atoms with Crippen LogP contribution in [0.15, 0.2) is 11.6 Å². The zero-order chi connectivity index (χ0) is 10.0. The summed E-state index contributed by atoms with van der Waals surface area (Å²) in [5.74, 6) is 0. The fraction of sp³-hybridized carbons (Fsp3) is 0.833. The molecule has 0 amide bonds. The molecule has 2 unspecified atom stereocenters. The molecule has 14 heavy (non-hydrogen) atoms. The zero-order valence-corrected chi connectivity index (χ0v) is 9.09. The maximum atomic E-state index is 6.29. The molecule has 2 aliphatic rings. The normalized spacial score (nSPS) is 35.4. The van der Waals surface area contributed by atoms with E-state index in [-0.39, 0.29) is 11.6 Å². The second kappa shape index (κ2) is 4.03. The SMILES string of the molecule is CC1(C(N)C2=CCCCC2)CCCO1. The van der Waals surface area contributed by atoms with Crippen LogP contribution in [-0.2, 0) is 4.74 Å². The number of rotatable bonds is 2. The molecule has 2 heteroatoms. The number of hydrogen-bond acceptors (Lipinski definition) is 2. The Labute approximate surface area is 86.5 Å². The van der Waals surface area contributed by atoms with Crippen LogP contribution < -0.4 is 5.73 Å². The number of nitrogens with two attached hydrogens (primary N) is 1. The molecule has 0 aromatic rings.